The van der Waals surface area contributed by atoms with Gasteiger partial charge in [0.15, 0.2) is 9.84 Å². The summed E-state index contributed by atoms with van der Waals surface area (Å²) in [5.41, 5.74) is 1.00. The van der Waals surface area contributed by atoms with Crippen LogP contribution in [0.2, 0.25) is 0 Å². The molecule has 1 N–H and O–H groups in total. The van der Waals surface area contributed by atoms with E-state index in [1.165, 1.54) is 12.8 Å². The van der Waals surface area contributed by atoms with Gasteiger partial charge in [-0.1, -0.05) is 0 Å². The molecule has 3 rings (SSSR count). The van der Waals surface area contributed by atoms with E-state index < -0.39 is 9.84 Å². The molecule has 2 aliphatic rings. The number of nitrogens with one attached hydrogen (secondary N) is 1. The van der Waals surface area contributed by atoms with Crippen LogP contribution < -0.4 is 5.32 Å². The Morgan fingerprint density at radius 2 is 2.24 bits per heavy atom. The quantitative estimate of drug-likeness (QED) is 0.850. The monoisotopic (exact) mass is 255 g/mol. The molecule has 1 aliphatic carbocycles. The maximum absolute atomic E-state index is 11.4. The molecule has 0 amide bonds. The smallest absolute Gasteiger partial charge is 0.152 e. The Kier molecular flexibility index (Phi) is 2.71. The van der Waals surface area contributed by atoms with Crippen LogP contribution in [0.4, 0.5) is 0 Å². The largest absolute Gasteiger partial charge is 0.333 e. The highest BCUT2D eigenvalue weighted by molar-refractivity contribution is 7.91. The summed E-state index contributed by atoms with van der Waals surface area (Å²) in [4.78, 5) is 4.31. The molecule has 0 radical (unpaired) electrons. The minimum absolute atomic E-state index is 0.0853. The molecule has 0 bridgehead atoms. The zero-order valence-electron chi connectivity index (χ0n) is 9.67. The minimum Gasteiger partial charge on any atom is -0.333 e. The molecular formula is C11H17N3O2S. The highest BCUT2D eigenvalue weighted by atomic mass is 32.2. The molecule has 5 nitrogen and oxygen atoms in total. The lowest BCUT2D eigenvalue weighted by Gasteiger charge is -2.08. The van der Waals surface area contributed by atoms with Crippen molar-refractivity contribution in [2.75, 3.05) is 11.5 Å². The summed E-state index contributed by atoms with van der Waals surface area (Å²) in [6, 6.07) is 0.759. The summed E-state index contributed by atoms with van der Waals surface area (Å²) in [7, 11) is -2.81. The van der Waals surface area contributed by atoms with Crippen molar-refractivity contribution in [2.45, 2.75) is 37.9 Å². The van der Waals surface area contributed by atoms with Crippen LogP contribution in [-0.4, -0.2) is 35.5 Å². The van der Waals surface area contributed by atoms with Crippen molar-refractivity contribution in [2.24, 2.45) is 0 Å². The van der Waals surface area contributed by atoms with E-state index in [0.29, 0.717) is 18.2 Å². The summed E-state index contributed by atoms with van der Waals surface area (Å²) in [5, 5.41) is 3.40. The van der Waals surface area contributed by atoms with Crippen LogP contribution in [-0.2, 0) is 16.4 Å². The molecule has 1 aliphatic heterocycles. The van der Waals surface area contributed by atoms with Crippen molar-refractivity contribution in [1.82, 2.24) is 14.9 Å². The van der Waals surface area contributed by atoms with Gasteiger partial charge in [0.1, 0.15) is 0 Å². The highest BCUT2D eigenvalue weighted by Crippen LogP contribution is 2.24. The number of hydrogen-bond acceptors (Lipinski definition) is 4. The maximum atomic E-state index is 11.4. The van der Waals surface area contributed by atoms with Crippen molar-refractivity contribution in [1.29, 1.82) is 0 Å². The Labute approximate surface area is 101 Å². The third-order valence-electron chi connectivity index (χ3n) is 3.43. The molecule has 94 valence electrons. The van der Waals surface area contributed by atoms with E-state index in [2.05, 4.69) is 10.3 Å². The highest BCUT2D eigenvalue weighted by Gasteiger charge is 2.29. The molecule has 1 aromatic rings. The van der Waals surface area contributed by atoms with Crippen molar-refractivity contribution >= 4 is 9.84 Å². The van der Waals surface area contributed by atoms with Crippen LogP contribution in [0, 0.1) is 0 Å². The van der Waals surface area contributed by atoms with E-state index in [1.54, 1.807) is 6.33 Å². The van der Waals surface area contributed by atoms with E-state index in [1.807, 2.05) is 10.8 Å². The van der Waals surface area contributed by atoms with Gasteiger partial charge in [0.05, 0.1) is 23.5 Å². The second-order valence-electron chi connectivity index (χ2n) is 5.02. The summed E-state index contributed by atoms with van der Waals surface area (Å²) in [5.74, 6) is 0.574. The number of nitrogens with zero attached hydrogens (tertiary/aromatic N) is 2. The van der Waals surface area contributed by atoms with Gasteiger partial charge in [0, 0.05) is 24.8 Å². The Balaban J connectivity index is 1.63. The molecule has 1 saturated heterocycles. The van der Waals surface area contributed by atoms with Crippen molar-refractivity contribution in [3.8, 4) is 0 Å². The van der Waals surface area contributed by atoms with Gasteiger partial charge in [-0.15, -0.1) is 0 Å². The predicted octanol–water partition coefficient (Wildman–Crippen LogP) is 0.495. The Hall–Kier alpha value is -0.880. The SMILES string of the molecule is O=S1(=O)CCC(n2cnc(CNC3CC3)c2)C1. The van der Waals surface area contributed by atoms with E-state index in [4.69, 9.17) is 0 Å². The first kappa shape index (κ1) is 11.2. The van der Waals surface area contributed by atoms with Gasteiger partial charge in [0.25, 0.3) is 0 Å². The molecular weight excluding hydrogens is 238 g/mol. The number of rotatable bonds is 4. The average Bonchev–Trinajstić information content (AvgIpc) is 2.86. The second kappa shape index (κ2) is 4.10. The van der Waals surface area contributed by atoms with Gasteiger partial charge in [-0.05, 0) is 19.3 Å². The van der Waals surface area contributed by atoms with Crippen molar-refractivity contribution in [3.63, 3.8) is 0 Å². The molecule has 2 heterocycles. The summed E-state index contributed by atoms with van der Waals surface area (Å²) < 4.78 is 24.7. The molecule has 1 aromatic heterocycles. The summed E-state index contributed by atoms with van der Waals surface area (Å²) in [6.45, 7) is 0.789. The fraction of sp³-hybridized carbons (Fsp3) is 0.727. The fourth-order valence-corrected chi connectivity index (χ4v) is 3.94. The summed E-state index contributed by atoms with van der Waals surface area (Å²) in [6.07, 6.45) is 6.98. The third kappa shape index (κ3) is 2.69. The number of aromatic nitrogens is 2. The Morgan fingerprint density at radius 1 is 1.41 bits per heavy atom. The normalized spacial score (nSPS) is 27.4. The van der Waals surface area contributed by atoms with Crippen LogP contribution in [0.1, 0.15) is 31.0 Å². The summed E-state index contributed by atoms with van der Waals surface area (Å²) >= 11 is 0. The van der Waals surface area contributed by atoms with Crippen LogP contribution in [0.5, 0.6) is 0 Å². The van der Waals surface area contributed by atoms with Crippen LogP contribution in [0.3, 0.4) is 0 Å². The van der Waals surface area contributed by atoms with Gasteiger partial charge in [0.2, 0.25) is 0 Å². The molecule has 1 saturated carbocycles. The van der Waals surface area contributed by atoms with Crippen molar-refractivity contribution in [3.05, 3.63) is 18.2 Å². The number of hydrogen-bond donors (Lipinski definition) is 1. The van der Waals surface area contributed by atoms with Gasteiger partial charge < -0.3 is 9.88 Å². The van der Waals surface area contributed by atoms with E-state index in [-0.39, 0.29) is 11.8 Å². The fourth-order valence-electron chi connectivity index (χ4n) is 2.22. The molecule has 0 aromatic carbocycles. The van der Waals surface area contributed by atoms with Crippen molar-refractivity contribution < 1.29 is 8.42 Å². The predicted molar refractivity (Wildman–Crippen MR) is 64.4 cm³/mol. The Bertz CT molecular complexity index is 505. The number of imidazole rings is 1. The van der Waals surface area contributed by atoms with E-state index >= 15 is 0 Å². The molecule has 1 unspecified atom stereocenters. The first-order valence-corrected chi connectivity index (χ1v) is 7.91. The van der Waals surface area contributed by atoms with Gasteiger partial charge in [-0.3, -0.25) is 0 Å². The first-order valence-electron chi connectivity index (χ1n) is 6.08. The van der Waals surface area contributed by atoms with Crippen LogP contribution >= 0.6 is 0 Å². The lowest BCUT2D eigenvalue weighted by molar-refractivity contribution is 0.554. The van der Waals surface area contributed by atoms with E-state index in [9.17, 15) is 8.42 Å². The molecule has 17 heavy (non-hydrogen) atoms. The average molecular weight is 255 g/mol. The van der Waals surface area contributed by atoms with Gasteiger partial charge in [-0.25, -0.2) is 13.4 Å². The molecule has 2 fully saturated rings. The minimum atomic E-state index is -2.81. The van der Waals surface area contributed by atoms with Crippen LogP contribution in [0.25, 0.3) is 0 Å². The van der Waals surface area contributed by atoms with Crippen LogP contribution in [0.15, 0.2) is 12.5 Å². The zero-order valence-corrected chi connectivity index (χ0v) is 10.5. The van der Waals surface area contributed by atoms with Gasteiger partial charge >= 0.3 is 0 Å². The molecule has 6 heteroatoms. The third-order valence-corrected chi connectivity index (χ3v) is 5.18. The number of sulfone groups is 1. The lowest BCUT2D eigenvalue weighted by atomic mass is 10.2. The maximum Gasteiger partial charge on any atom is 0.152 e. The molecule has 0 spiro atoms. The molecule has 1 atom stereocenters. The lowest BCUT2D eigenvalue weighted by Crippen LogP contribution is -2.15. The Morgan fingerprint density at radius 3 is 2.88 bits per heavy atom. The topological polar surface area (TPSA) is 64.0 Å². The second-order valence-corrected chi connectivity index (χ2v) is 7.25. The zero-order chi connectivity index (χ0) is 11.9. The van der Waals surface area contributed by atoms with E-state index in [0.717, 1.165) is 12.2 Å². The van der Waals surface area contributed by atoms with Gasteiger partial charge in [-0.2, -0.15) is 0 Å². The first-order chi connectivity index (χ1) is 8.12. The standard InChI is InChI=1S/C11H17N3O2S/c15-17(16)4-3-11(7-17)14-6-10(13-8-14)5-12-9-1-2-9/h6,8-9,11-12H,1-5,7H2.